The summed E-state index contributed by atoms with van der Waals surface area (Å²) in [5.74, 6) is 1.34. The summed E-state index contributed by atoms with van der Waals surface area (Å²) in [5.41, 5.74) is 3.35. The minimum Gasteiger partial charge on any atom is -0.474 e. The van der Waals surface area contributed by atoms with Gasteiger partial charge in [-0.25, -0.2) is 9.97 Å². The number of aryl methyl sites for hydroxylation is 1. The van der Waals surface area contributed by atoms with Gasteiger partial charge in [-0.3, -0.25) is 9.59 Å². The van der Waals surface area contributed by atoms with Crippen LogP contribution in [0.1, 0.15) is 28.8 Å². The van der Waals surface area contributed by atoms with Crippen molar-refractivity contribution in [3.63, 3.8) is 0 Å². The molecule has 1 aromatic carbocycles. The molecule has 3 aromatic heterocycles. The van der Waals surface area contributed by atoms with Crippen LogP contribution in [-0.4, -0.2) is 90.4 Å². The first kappa shape index (κ1) is 30.5. The monoisotopic (exact) mass is 604 g/mol. The molecule has 4 aromatic rings. The molecule has 0 spiro atoms. The highest BCUT2D eigenvalue weighted by atomic mass is 35.5. The number of aromatic nitrogens is 3. The van der Waals surface area contributed by atoms with Crippen molar-refractivity contribution in [3.05, 3.63) is 81.4 Å². The van der Waals surface area contributed by atoms with Gasteiger partial charge >= 0.3 is 0 Å². The molecule has 0 radical (unpaired) electrons. The van der Waals surface area contributed by atoms with Crippen molar-refractivity contribution in [1.29, 1.82) is 0 Å². The number of benzene rings is 1. The molecule has 1 atom stereocenters. The lowest BCUT2D eigenvalue weighted by Gasteiger charge is -2.43. The fourth-order valence-corrected chi connectivity index (χ4v) is 5.93. The van der Waals surface area contributed by atoms with Crippen LogP contribution < -0.4 is 20.0 Å². The van der Waals surface area contributed by atoms with Crippen molar-refractivity contribution in [1.82, 2.24) is 19.4 Å². The first-order chi connectivity index (χ1) is 20.8. The maximum absolute atomic E-state index is 13.2. The van der Waals surface area contributed by atoms with E-state index in [1.807, 2.05) is 29.7 Å². The van der Waals surface area contributed by atoms with Gasteiger partial charge in [0.15, 0.2) is 11.7 Å². The molecule has 0 bridgehead atoms. The average Bonchev–Trinajstić information content (AvgIpc) is 3.46. The van der Waals surface area contributed by atoms with Gasteiger partial charge in [0.25, 0.3) is 0 Å². The van der Waals surface area contributed by atoms with E-state index in [2.05, 4.69) is 39.8 Å². The molecule has 5 heterocycles. The van der Waals surface area contributed by atoms with Gasteiger partial charge in [-0.15, -0.1) is 0 Å². The van der Waals surface area contributed by atoms with E-state index in [1.165, 1.54) is 0 Å². The summed E-state index contributed by atoms with van der Waals surface area (Å²) < 4.78 is 7.91. The number of hydrogen-bond donors (Lipinski definition) is 1. The first-order valence-corrected chi connectivity index (χ1v) is 14.7. The Morgan fingerprint density at radius 1 is 1.16 bits per heavy atom. The zero-order valence-corrected chi connectivity index (χ0v) is 25.7. The van der Waals surface area contributed by atoms with E-state index in [-0.39, 0.29) is 17.0 Å². The van der Waals surface area contributed by atoms with Crippen molar-refractivity contribution in [2.24, 2.45) is 0 Å². The van der Waals surface area contributed by atoms with Crippen molar-refractivity contribution in [2.45, 2.75) is 31.8 Å². The standard InChI is InChI=1S/C31H33ClN6O3.CH4O/c1-20-12-25-28(13-27(20)37-11-5-6-23(37)19-41-31-26(32)7-4-10-33-31)38(15-21(18-39)30(25)40)22-8-9-29(34-14-22)36-16-24(17-36)35(2)3;1-2/h4,7-10,12-15,18,23-24H,5-6,11,16-17,19H2,1-3H3;2H,1H3. The number of nitrogens with zero attached hydrogens (tertiary/aromatic N) is 6. The molecule has 0 amide bonds. The van der Waals surface area contributed by atoms with Crippen molar-refractivity contribution in [3.8, 4) is 11.6 Å². The predicted octanol–water partition coefficient (Wildman–Crippen LogP) is 3.96. The normalized spacial score (nSPS) is 16.7. The summed E-state index contributed by atoms with van der Waals surface area (Å²) in [4.78, 5) is 40.9. The second-order valence-electron chi connectivity index (χ2n) is 11.0. The van der Waals surface area contributed by atoms with Gasteiger partial charge in [0.1, 0.15) is 17.4 Å². The van der Waals surface area contributed by atoms with Crippen LogP contribution in [0.3, 0.4) is 0 Å². The molecule has 11 heteroatoms. The second kappa shape index (κ2) is 13.1. The Morgan fingerprint density at radius 2 is 1.95 bits per heavy atom. The van der Waals surface area contributed by atoms with Gasteiger partial charge in [-0.1, -0.05) is 11.6 Å². The Bertz CT molecular complexity index is 1650. The molecule has 226 valence electrons. The predicted molar refractivity (Wildman–Crippen MR) is 170 cm³/mol. The summed E-state index contributed by atoms with van der Waals surface area (Å²) in [6.07, 6.45) is 7.71. The molecule has 43 heavy (non-hydrogen) atoms. The highest BCUT2D eigenvalue weighted by Gasteiger charge is 2.30. The van der Waals surface area contributed by atoms with Gasteiger partial charge in [0.2, 0.25) is 5.88 Å². The van der Waals surface area contributed by atoms with Crippen molar-refractivity contribution >= 4 is 40.3 Å². The smallest absolute Gasteiger partial charge is 0.232 e. The third-order valence-corrected chi connectivity index (χ3v) is 8.51. The molecule has 0 saturated carbocycles. The molecular formula is C32H37ClN6O4. The van der Waals surface area contributed by atoms with Gasteiger partial charge in [0.05, 0.1) is 29.0 Å². The minimum absolute atomic E-state index is 0.116. The number of pyridine rings is 3. The van der Waals surface area contributed by atoms with E-state index in [1.54, 1.807) is 30.7 Å². The van der Waals surface area contributed by atoms with Crippen LogP contribution in [0, 0.1) is 6.92 Å². The Morgan fingerprint density at radius 3 is 2.63 bits per heavy atom. The van der Waals surface area contributed by atoms with Crippen LogP contribution in [0.4, 0.5) is 11.5 Å². The number of aldehydes is 1. The number of carbonyl (C=O) groups is 1. The summed E-state index contributed by atoms with van der Waals surface area (Å²) in [5, 5.41) is 7.99. The summed E-state index contributed by atoms with van der Waals surface area (Å²) >= 11 is 6.26. The fourth-order valence-electron chi connectivity index (χ4n) is 5.75. The first-order valence-electron chi connectivity index (χ1n) is 14.3. The zero-order chi connectivity index (χ0) is 30.7. The Hall–Kier alpha value is -3.99. The third kappa shape index (κ3) is 6.08. The highest BCUT2D eigenvalue weighted by Crippen LogP contribution is 2.33. The largest absolute Gasteiger partial charge is 0.474 e. The minimum atomic E-state index is -0.271. The SMILES string of the molecule is CO.Cc1cc2c(=O)c(C=O)cn(-c3ccc(N4CC(N(C)C)C4)nc3)c2cc1N1CCCC1COc1ncccc1Cl. The number of fused-ring (bicyclic) bond motifs is 1. The summed E-state index contributed by atoms with van der Waals surface area (Å²) in [6.45, 7) is 5.19. The molecule has 6 rings (SSSR count). The lowest BCUT2D eigenvalue weighted by atomic mass is 10.0. The van der Waals surface area contributed by atoms with Crippen LogP contribution in [-0.2, 0) is 0 Å². The zero-order valence-electron chi connectivity index (χ0n) is 24.9. The van der Waals surface area contributed by atoms with E-state index in [0.717, 1.165) is 67.9 Å². The number of aliphatic hydroxyl groups excluding tert-OH is 1. The quantitative estimate of drug-likeness (QED) is 0.299. The van der Waals surface area contributed by atoms with E-state index in [0.29, 0.717) is 35.2 Å². The second-order valence-corrected chi connectivity index (χ2v) is 11.5. The maximum atomic E-state index is 13.2. The molecule has 2 aliphatic rings. The number of likely N-dealkylation sites (N-methyl/N-ethyl adjacent to an activating group) is 1. The van der Waals surface area contributed by atoms with Gasteiger partial charge in [-0.05, 0) is 75.8 Å². The van der Waals surface area contributed by atoms with Gasteiger partial charge in [0, 0.05) is 56.3 Å². The lowest BCUT2D eigenvalue weighted by Crippen LogP contribution is -2.57. The van der Waals surface area contributed by atoms with Gasteiger partial charge < -0.3 is 29.1 Å². The summed E-state index contributed by atoms with van der Waals surface area (Å²) in [6, 6.07) is 12.1. The number of anilines is 2. The van der Waals surface area contributed by atoms with Crippen molar-refractivity contribution < 1.29 is 14.6 Å². The average molecular weight is 605 g/mol. The number of halogens is 1. The number of carbonyl (C=O) groups excluding carboxylic acids is 1. The Kier molecular flexibility index (Phi) is 9.29. The van der Waals surface area contributed by atoms with E-state index >= 15 is 0 Å². The van der Waals surface area contributed by atoms with Crippen molar-refractivity contribution in [2.75, 3.05) is 57.2 Å². The van der Waals surface area contributed by atoms with Crippen LogP contribution in [0.15, 0.2) is 59.8 Å². The molecule has 1 N–H and O–H groups in total. The van der Waals surface area contributed by atoms with E-state index < -0.39 is 0 Å². The van der Waals surface area contributed by atoms with Gasteiger partial charge in [-0.2, -0.15) is 0 Å². The maximum Gasteiger partial charge on any atom is 0.232 e. The highest BCUT2D eigenvalue weighted by molar-refractivity contribution is 6.31. The van der Waals surface area contributed by atoms with Crippen LogP contribution in [0.25, 0.3) is 16.6 Å². The topological polar surface area (TPSA) is 104 Å². The molecule has 0 aliphatic carbocycles. The fraction of sp³-hybridized carbons (Fsp3) is 0.375. The third-order valence-electron chi connectivity index (χ3n) is 8.23. The lowest BCUT2D eigenvalue weighted by molar-refractivity contribution is 0.112. The summed E-state index contributed by atoms with van der Waals surface area (Å²) in [7, 11) is 5.18. The molecule has 2 fully saturated rings. The number of ether oxygens (including phenoxy) is 1. The van der Waals surface area contributed by atoms with Crippen LogP contribution in [0.5, 0.6) is 5.88 Å². The number of aliphatic hydroxyl groups is 1. The molecule has 2 saturated heterocycles. The number of hydrogen-bond acceptors (Lipinski definition) is 9. The van der Waals surface area contributed by atoms with Crippen LogP contribution >= 0.6 is 11.6 Å². The number of rotatable bonds is 8. The van der Waals surface area contributed by atoms with E-state index in [4.69, 9.17) is 26.4 Å². The molecule has 1 unspecified atom stereocenters. The van der Waals surface area contributed by atoms with Crippen LogP contribution in [0.2, 0.25) is 5.02 Å². The molecule has 10 nitrogen and oxygen atoms in total. The molecule has 2 aliphatic heterocycles. The molecular weight excluding hydrogens is 568 g/mol. The Balaban J connectivity index is 0.00000180. The Labute approximate surface area is 256 Å². The van der Waals surface area contributed by atoms with E-state index in [9.17, 15) is 9.59 Å².